The van der Waals surface area contributed by atoms with Crippen LogP contribution in [0.4, 0.5) is 5.69 Å². The van der Waals surface area contributed by atoms with Crippen LogP contribution in [0, 0.1) is 0 Å². The average molecular weight is 777 g/mol. The standard InChI is InChI=1S/C43H60N4O9/c1-6-11-16-17-18-19-26-56-40(49)31-46-42(51)33-27-32(20-21-36(33)53-23-13-8-3)47-39(48)30-45-43(52)35-28-34(41(50)44-22-12-7-2)37(54-24-14-9-4)29-38(35)55-25-15-10-5/h8-10,20-21,27-29H,3-7,11-19,22-26,30-31H2,1-2H3,(H,44,50)(H,45,52)(H,46,51)(H,47,48). The summed E-state index contributed by atoms with van der Waals surface area (Å²) in [5.41, 5.74) is 0.505. The number of benzene rings is 2. The van der Waals surface area contributed by atoms with Crippen LogP contribution in [-0.4, -0.2) is 75.7 Å². The van der Waals surface area contributed by atoms with Crippen molar-refractivity contribution in [3.05, 3.63) is 85.0 Å². The number of amides is 4. The van der Waals surface area contributed by atoms with E-state index in [1.54, 1.807) is 24.3 Å². The van der Waals surface area contributed by atoms with Crippen LogP contribution in [-0.2, 0) is 14.3 Å². The number of nitrogens with one attached hydrogen (secondary N) is 4. The van der Waals surface area contributed by atoms with E-state index in [2.05, 4.69) is 47.9 Å². The number of anilines is 1. The number of esters is 1. The topological polar surface area (TPSA) is 170 Å². The molecular weight excluding hydrogens is 716 g/mol. The minimum atomic E-state index is -0.664. The first kappa shape index (κ1) is 46.6. The van der Waals surface area contributed by atoms with Gasteiger partial charge >= 0.3 is 5.97 Å². The Kier molecular flexibility index (Phi) is 23.2. The zero-order valence-electron chi connectivity index (χ0n) is 33.1. The Hall–Kier alpha value is -5.59. The molecule has 4 N–H and O–H groups in total. The Bertz CT molecular complexity index is 1610. The van der Waals surface area contributed by atoms with Crippen LogP contribution in [0.25, 0.3) is 0 Å². The zero-order chi connectivity index (χ0) is 41.0. The van der Waals surface area contributed by atoms with E-state index >= 15 is 0 Å². The maximum absolute atomic E-state index is 13.5. The van der Waals surface area contributed by atoms with E-state index in [1.807, 2.05) is 6.92 Å². The molecule has 0 spiro atoms. The first-order valence-corrected chi connectivity index (χ1v) is 19.5. The van der Waals surface area contributed by atoms with E-state index in [4.69, 9.17) is 18.9 Å². The smallest absolute Gasteiger partial charge is 0.325 e. The largest absolute Gasteiger partial charge is 0.492 e. The minimum absolute atomic E-state index is 0.0315. The van der Waals surface area contributed by atoms with Gasteiger partial charge in [0.2, 0.25) is 5.91 Å². The van der Waals surface area contributed by atoms with Gasteiger partial charge in [-0.15, -0.1) is 19.7 Å². The Balaban J connectivity index is 2.18. The molecule has 0 fully saturated rings. The first-order chi connectivity index (χ1) is 27.2. The third kappa shape index (κ3) is 17.7. The second-order valence-electron chi connectivity index (χ2n) is 12.8. The lowest BCUT2D eigenvalue weighted by Crippen LogP contribution is -2.34. The zero-order valence-corrected chi connectivity index (χ0v) is 33.1. The van der Waals surface area contributed by atoms with E-state index in [0.29, 0.717) is 25.8 Å². The van der Waals surface area contributed by atoms with Gasteiger partial charge in [0, 0.05) is 18.3 Å². The van der Waals surface area contributed by atoms with Crippen molar-refractivity contribution in [2.24, 2.45) is 0 Å². The van der Waals surface area contributed by atoms with Gasteiger partial charge in [0.15, 0.2) is 0 Å². The minimum Gasteiger partial charge on any atom is -0.492 e. The monoisotopic (exact) mass is 776 g/mol. The van der Waals surface area contributed by atoms with Crippen molar-refractivity contribution >= 4 is 35.3 Å². The maximum Gasteiger partial charge on any atom is 0.325 e. The molecule has 2 rings (SSSR count). The lowest BCUT2D eigenvalue weighted by atomic mass is 10.1. The molecule has 0 heterocycles. The summed E-state index contributed by atoms with van der Waals surface area (Å²) in [6.07, 6.45) is 14.6. The van der Waals surface area contributed by atoms with E-state index in [9.17, 15) is 24.0 Å². The lowest BCUT2D eigenvalue weighted by molar-refractivity contribution is -0.142. The highest BCUT2D eigenvalue weighted by molar-refractivity contribution is 6.05. The number of carbonyl (C=O) groups is 5. The van der Waals surface area contributed by atoms with Gasteiger partial charge in [-0.05, 0) is 56.4 Å². The molecule has 0 aromatic heterocycles. The molecular formula is C43H60N4O9. The molecule has 0 aliphatic carbocycles. The summed E-state index contributed by atoms with van der Waals surface area (Å²) in [6, 6.07) is 7.38. The maximum atomic E-state index is 13.5. The van der Waals surface area contributed by atoms with E-state index in [1.165, 1.54) is 30.7 Å². The van der Waals surface area contributed by atoms with Gasteiger partial charge in [-0.1, -0.05) is 70.6 Å². The third-order valence-electron chi connectivity index (χ3n) is 8.20. The number of unbranched alkanes of at least 4 members (excludes halogenated alkanes) is 6. The van der Waals surface area contributed by atoms with Gasteiger partial charge in [-0.2, -0.15) is 0 Å². The van der Waals surface area contributed by atoms with Gasteiger partial charge in [0.1, 0.15) is 23.8 Å². The molecule has 0 atom stereocenters. The third-order valence-corrected chi connectivity index (χ3v) is 8.20. The quantitative estimate of drug-likeness (QED) is 0.0368. The fraction of sp³-hybridized carbons (Fsp3) is 0.465. The predicted octanol–water partition coefficient (Wildman–Crippen LogP) is 7.08. The Morgan fingerprint density at radius 2 is 1.09 bits per heavy atom. The average Bonchev–Trinajstić information content (AvgIpc) is 3.19. The van der Waals surface area contributed by atoms with Crippen molar-refractivity contribution in [2.75, 3.05) is 51.4 Å². The normalized spacial score (nSPS) is 10.4. The van der Waals surface area contributed by atoms with Gasteiger partial charge in [0.05, 0.1) is 49.7 Å². The predicted molar refractivity (Wildman–Crippen MR) is 219 cm³/mol. The van der Waals surface area contributed by atoms with Gasteiger partial charge < -0.3 is 40.2 Å². The Morgan fingerprint density at radius 1 is 0.571 bits per heavy atom. The van der Waals surface area contributed by atoms with Gasteiger partial charge in [-0.25, -0.2) is 0 Å². The van der Waals surface area contributed by atoms with Crippen LogP contribution in [0.1, 0.15) is 116 Å². The molecule has 0 saturated carbocycles. The first-order valence-electron chi connectivity index (χ1n) is 19.5. The number of rotatable bonds is 30. The van der Waals surface area contributed by atoms with Crippen LogP contribution in [0.15, 0.2) is 68.3 Å². The highest BCUT2D eigenvalue weighted by atomic mass is 16.5. The van der Waals surface area contributed by atoms with Crippen molar-refractivity contribution < 1.29 is 42.9 Å². The number of hydrogen-bond donors (Lipinski definition) is 4. The van der Waals surface area contributed by atoms with Crippen LogP contribution in [0.5, 0.6) is 17.2 Å². The van der Waals surface area contributed by atoms with Crippen LogP contribution in [0.3, 0.4) is 0 Å². The second-order valence-corrected chi connectivity index (χ2v) is 12.8. The molecule has 56 heavy (non-hydrogen) atoms. The van der Waals surface area contributed by atoms with Gasteiger partial charge in [-0.3, -0.25) is 24.0 Å². The molecule has 306 valence electrons. The number of hydrogen-bond acceptors (Lipinski definition) is 9. The molecule has 2 aromatic carbocycles. The second kappa shape index (κ2) is 27.9. The highest BCUT2D eigenvalue weighted by Gasteiger charge is 2.23. The van der Waals surface area contributed by atoms with Crippen molar-refractivity contribution in [3.63, 3.8) is 0 Å². The molecule has 0 aliphatic heterocycles. The fourth-order valence-corrected chi connectivity index (χ4v) is 5.12. The highest BCUT2D eigenvalue weighted by Crippen LogP contribution is 2.30. The summed E-state index contributed by atoms with van der Waals surface area (Å²) in [5.74, 6) is -2.19. The lowest BCUT2D eigenvalue weighted by Gasteiger charge is -2.17. The summed E-state index contributed by atoms with van der Waals surface area (Å²) in [4.78, 5) is 65.4. The summed E-state index contributed by atoms with van der Waals surface area (Å²) in [6.45, 7) is 15.9. The van der Waals surface area contributed by atoms with Crippen LogP contribution < -0.4 is 35.5 Å². The van der Waals surface area contributed by atoms with E-state index < -0.39 is 36.1 Å². The molecule has 13 nitrogen and oxygen atoms in total. The number of ether oxygens (including phenoxy) is 4. The fourth-order valence-electron chi connectivity index (χ4n) is 5.12. The van der Waals surface area contributed by atoms with E-state index in [0.717, 1.165) is 44.9 Å². The molecule has 13 heteroatoms. The van der Waals surface area contributed by atoms with Gasteiger partial charge in [0.25, 0.3) is 17.7 Å². The molecule has 0 bridgehead atoms. The molecule has 2 aromatic rings. The summed E-state index contributed by atoms with van der Waals surface area (Å²) >= 11 is 0. The molecule has 0 radical (unpaired) electrons. The summed E-state index contributed by atoms with van der Waals surface area (Å²) in [5, 5.41) is 10.7. The number of carbonyl (C=O) groups excluding carboxylic acids is 5. The van der Waals surface area contributed by atoms with Crippen molar-refractivity contribution in [1.29, 1.82) is 0 Å². The van der Waals surface area contributed by atoms with E-state index in [-0.39, 0.29) is 72.6 Å². The molecule has 4 amide bonds. The Morgan fingerprint density at radius 3 is 1.68 bits per heavy atom. The SMILES string of the molecule is C=CCCOc1cc(OCCC=C)c(C(=O)NCC(=O)Nc2ccc(OCCC=C)c(C(=O)NCC(=O)OCCCCCCCC)c2)cc1C(=O)NCCCC. The van der Waals surface area contributed by atoms with Crippen molar-refractivity contribution in [2.45, 2.75) is 84.5 Å². The van der Waals surface area contributed by atoms with Crippen molar-refractivity contribution in [1.82, 2.24) is 16.0 Å². The molecule has 0 saturated heterocycles. The van der Waals surface area contributed by atoms with Crippen molar-refractivity contribution in [3.8, 4) is 17.2 Å². The molecule has 0 aliphatic rings. The Labute approximate surface area is 331 Å². The van der Waals surface area contributed by atoms with Crippen LogP contribution in [0.2, 0.25) is 0 Å². The molecule has 0 unspecified atom stereocenters. The summed E-state index contributed by atoms with van der Waals surface area (Å²) in [7, 11) is 0. The summed E-state index contributed by atoms with van der Waals surface area (Å²) < 4.78 is 22.8. The van der Waals surface area contributed by atoms with Crippen LogP contribution >= 0.6 is 0 Å².